The predicted octanol–water partition coefficient (Wildman–Crippen LogP) is 1.09. The molecule has 0 amide bonds. The number of allylic oxidation sites excluding steroid dienone is 1. The summed E-state index contributed by atoms with van der Waals surface area (Å²) < 4.78 is 0. The molecule has 44 valence electrons. The molecule has 1 unspecified atom stereocenters. The monoisotopic (exact) mass is 110 g/mol. The molecular weight excluding hydrogens is 100 g/mol. The van der Waals surface area contributed by atoms with Crippen molar-refractivity contribution in [3.8, 4) is 0 Å². The Morgan fingerprint density at radius 2 is 2.25 bits per heavy atom. The third kappa shape index (κ3) is 0.583. The van der Waals surface area contributed by atoms with Gasteiger partial charge in [0.05, 0.1) is 0 Å². The van der Waals surface area contributed by atoms with Gasteiger partial charge in [0.2, 0.25) is 0 Å². The molecule has 0 radical (unpaired) electrons. The number of rotatable bonds is 1. The van der Waals surface area contributed by atoms with Crippen LogP contribution in [0.1, 0.15) is 19.3 Å². The summed E-state index contributed by atoms with van der Waals surface area (Å²) >= 11 is 0. The molecule has 0 aromatic heterocycles. The van der Waals surface area contributed by atoms with Gasteiger partial charge < -0.3 is 5.11 Å². The number of hydrogen-bond acceptors (Lipinski definition) is 1. The Hall–Kier alpha value is -0.300. The highest BCUT2D eigenvalue weighted by Crippen LogP contribution is 2.48. The van der Waals surface area contributed by atoms with Crippen molar-refractivity contribution >= 4 is 0 Å². The minimum absolute atomic E-state index is 0.388. The SMILES string of the molecule is OCC1CC1=C1CC1. The van der Waals surface area contributed by atoms with Gasteiger partial charge in [-0.05, 0) is 19.3 Å². The van der Waals surface area contributed by atoms with Crippen LogP contribution in [0.15, 0.2) is 11.1 Å². The van der Waals surface area contributed by atoms with Crippen molar-refractivity contribution in [2.24, 2.45) is 5.92 Å². The average Bonchev–Trinajstić information content (AvgIpc) is 2.62. The van der Waals surface area contributed by atoms with Gasteiger partial charge in [-0.3, -0.25) is 0 Å². The van der Waals surface area contributed by atoms with Crippen LogP contribution >= 0.6 is 0 Å². The largest absolute Gasteiger partial charge is 0.396 e. The van der Waals surface area contributed by atoms with Gasteiger partial charge in [-0.15, -0.1) is 0 Å². The molecule has 1 nitrogen and oxygen atoms in total. The fraction of sp³-hybridized carbons (Fsp3) is 0.714. The molecule has 1 N–H and O–H groups in total. The Balaban J connectivity index is 2.05. The van der Waals surface area contributed by atoms with Gasteiger partial charge in [-0.1, -0.05) is 11.1 Å². The van der Waals surface area contributed by atoms with Crippen molar-refractivity contribution in [2.45, 2.75) is 19.3 Å². The van der Waals surface area contributed by atoms with Crippen LogP contribution in [0.3, 0.4) is 0 Å². The van der Waals surface area contributed by atoms with Crippen molar-refractivity contribution in [1.29, 1.82) is 0 Å². The van der Waals surface area contributed by atoms with Crippen LogP contribution in [0, 0.1) is 5.92 Å². The zero-order valence-electron chi connectivity index (χ0n) is 4.85. The van der Waals surface area contributed by atoms with Crippen molar-refractivity contribution < 1.29 is 5.11 Å². The third-order valence-electron chi connectivity index (χ3n) is 1.97. The molecule has 2 aliphatic rings. The molecule has 2 aliphatic carbocycles. The van der Waals surface area contributed by atoms with Crippen molar-refractivity contribution in [3.63, 3.8) is 0 Å². The molecule has 0 aliphatic heterocycles. The first-order valence-corrected chi connectivity index (χ1v) is 3.23. The zero-order valence-corrected chi connectivity index (χ0v) is 4.85. The van der Waals surface area contributed by atoms with Crippen LogP contribution in [-0.4, -0.2) is 11.7 Å². The van der Waals surface area contributed by atoms with Crippen LogP contribution in [0.25, 0.3) is 0 Å². The summed E-state index contributed by atoms with van der Waals surface area (Å²) in [5.41, 5.74) is 3.22. The third-order valence-corrected chi connectivity index (χ3v) is 1.97. The summed E-state index contributed by atoms with van der Waals surface area (Å²) in [7, 11) is 0. The Morgan fingerprint density at radius 3 is 2.62 bits per heavy atom. The fourth-order valence-corrected chi connectivity index (χ4v) is 1.20. The van der Waals surface area contributed by atoms with E-state index in [1.807, 2.05) is 0 Å². The highest BCUT2D eigenvalue weighted by Gasteiger charge is 2.34. The zero-order chi connectivity index (χ0) is 5.56. The lowest BCUT2D eigenvalue weighted by molar-refractivity contribution is 0.281. The van der Waals surface area contributed by atoms with E-state index in [9.17, 15) is 0 Å². The number of aliphatic hydroxyl groups excluding tert-OH is 1. The molecule has 8 heavy (non-hydrogen) atoms. The quantitative estimate of drug-likeness (QED) is 0.501. The van der Waals surface area contributed by atoms with E-state index in [0.717, 1.165) is 0 Å². The topological polar surface area (TPSA) is 20.2 Å². The Morgan fingerprint density at radius 1 is 1.50 bits per heavy atom. The van der Waals surface area contributed by atoms with Gasteiger partial charge in [0.1, 0.15) is 0 Å². The maximum Gasteiger partial charge on any atom is 0.0499 e. The maximum atomic E-state index is 8.62. The second-order valence-electron chi connectivity index (χ2n) is 2.71. The van der Waals surface area contributed by atoms with Gasteiger partial charge in [-0.25, -0.2) is 0 Å². The molecule has 0 aromatic rings. The first-order chi connectivity index (χ1) is 3.92. The van der Waals surface area contributed by atoms with Gasteiger partial charge in [0.15, 0.2) is 0 Å². The van der Waals surface area contributed by atoms with Gasteiger partial charge >= 0.3 is 0 Å². The Bertz CT molecular complexity index is 140. The molecular formula is C7H10O. The minimum Gasteiger partial charge on any atom is -0.396 e. The molecule has 0 aromatic carbocycles. The Kier molecular flexibility index (Phi) is 0.770. The summed E-state index contributed by atoms with van der Waals surface area (Å²) in [6.45, 7) is 0.388. The molecule has 0 heterocycles. The summed E-state index contributed by atoms with van der Waals surface area (Å²) in [6.07, 6.45) is 3.85. The number of aliphatic hydroxyl groups is 1. The maximum absolute atomic E-state index is 8.62. The van der Waals surface area contributed by atoms with E-state index in [1.54, 1.807) is 11.1 Å². The lowest BCUT2D eigenvalue weighted by atomic mass is 10.4. The van der Waals surface area contributed by atoms with E-state index in [1.165, 1.54) is 19.3 Å². The standard InChI is InChI=1S/C7H10O/c8-4-6-3-7(6)5-1-2-5/h6,8H,1-4H2. The second kappa shape index (κ2) is 1.35. The summed E-state index contributed by atoms with van der Waals surface area (Å²) in [6, 6.07) is 0. The van der Waals surface area contributed by atoms with Gasteiger partial charge in [-0.2, -0.15) is 0 Å². The van der Waals surface area contributed by atoms with E-state index in [4.69, 9.17) is 5.11 Å². The van der Waals surface area contributed by atoms with E-state index in [0.29, 0.717) is 12.5 Å². The van der Waals surface area contributed by atoms with E-state index in [2.05, 4.69) is 0 Å². The first kappa shape index (κ1) is 4.57. The summed E-state index contributed by atoms with van der Waals surface area (Å²) in [5.74, 6) is 0.590. The van der Waals surface area contributed by atoms with Crippen LogP contribution in [0.4, 0.5) is 0 Å². The Labute approximate surface area is 49.0 Å². The molecule has 1 atom stereocenters. The molecule has 2 fully saturated rings. The summed E-state index contributed by atoms with van der Waals surface area (Å²) in [4.78, 5) is 0. The highest BCUT2D eigenvalue weighted by molar-refractivity contribution is 5.36. The normalized spacial score (nSPS) is 33.4. The first-order valence-electron chi connectivity index (χ1n) is 3.23. The minimum atomic E-state index is 0.388. The average molecular weight is 110 g/mol. The highest BCUT2D eigenvalue weighted by atomic mass is 16.3. The second-order valence-corrected chi connectivity index (χ2v) is 2.71. The van der Waals surface area contributed by atoms with Crippen LogP contribution < -0.4 is 0 Å². The molecule has 0 saturated heterocycles. The van der Waals surface area contributed by atoms with E-state index >= 15 is 0 Å². The molecule has 1 heteroatoms. The smallest absolute Gasteiger partial charge is 0.0499 e. The van der Waals surface area contributed by atoms with Crippen LogP contribution in [0.5, 0.6) is 0 Å². The molecule has 2 rings (SSSR count). The van der Waals surface area contributed by atoms with Gasteiger partial charge in [0, 0.05) is 12.5 Å². The predicted molar refractivity (Wildman–Crippen MR) is 31.5 cm³/mol. The molecule has 2 saturated carbocycles. The van der Waals surface area contributed by atoms with Crippen LogP contribution in [0.2, 0.25) is 0 Å². The number of hydrogen-bond donors (Lipinski definition) is 1. The van der Waals surface area contributed by atoms with E-state index in [-0.39, 0.29) is 0 Å². The summed E-state index contributed by atoms with van der Waals surface area (Å²) in [5, 5.41) is 8.62. The van der Waals surface area contributed by atoms with Gasteiger partial charge in [0.25, 0.3) is 0 Å². The fourth-order valence-electron chi connectivity index (χ4n) is 1.20. The lowest BCUT2D eigenvalue weighted by Crippen LogP contribution is -1.80. The van der Waals surface area contributed by atoms with E-state index < -0.39 is 0 Å². The van der Waals surface area contributed by atoms with Crippen molar-refractivity contribution in [3.05, 3.63) is 11.1 Å². The molecule has 0 bridgehead atoms. The van der Waals surface area contributed by atoms with Crippen LogP contribution in [-0.2, 0) is 0 Å². The van der Waals surface area contributed by atoms with Crippen molar-refractivity contribution in [2.75, 3.05) is 6.61 Å². The van der Waals surface area contributed by atoms with Crippen molar-refractivity contribution in [1.82, 2.24) is 0 Å². The molecule has 0 spiro atoms. The lowest BCUT2D eigenvalue weighted by Gasteiger charge is -1.77.